The predicted molar refractivity (Wildman–Crippen MR) is 95.4 cm³/mol. The SMILES string of the molecule is Cc1cccc2ncnc(NCc3ccc(CN(C)C)c(F)c3)c12. The average Bonchev–Trinajstić information content (AvgIpc) is 2.55. The maximum atomic E-state index is 14.2. The Balaban J connectivity index is 1.80. The highest BCUT2D eigenvalue weighted by molar-refractivity contribution is 5.91. The summed E-state index contributed by atoms with van der Waals surface area (Å²) in [7, 11) is 3.86. The van der Waals surface area contributed by atoms with E-state index in [1.165, 1.54) is 0 Å². The average molecular weight is 324 g/mol. The number of aryl methyl sites for hydroxylation is 1. The Labute approximate surface area is 141 Å². The molecular weight excluding hydrogens is 303 g/mol. The summed E-state index contributed by atoms with van der Waals surface area (Å²) in [6.45, 7) is 3.14. The molecule has 0 amide bonds. The first kappa shape index (κ1) is 16.3. The highest BCUT2D eigenvalue weighted by Crippen LogP contribution is 2.23. The molecule has 5 heteroatoms. The van der Waals surface area contributed by atoms with Crippen LogP contribution >= 0.6 is 0 Å². The summed E-state index contributed by atoms with van der Waals surface area (Å²) < 4.78 is 14.2. The van der Waals surface area contributed by atoms with Gasteiger partial charge in [-0.1, -0.05) is 24.3 Å². The second kappa shape index (κ2) is 6.93. The van der Waals surface area contributed by atoms with Crippen molar-refractivity contribution in [2.24, 2.45) is 0 Å². The number of hydrogen-bond donors (Lipinski definition) is 1. The van der Waals surface area contributed by atoms with E-state index in [2.05, 4.69) is 15.3 Å². The van der Waals surface area contributed by atoms with Gasteiger partial charge >= 0.3 is 0 Å². The van der Waals surface area contributed by atoms with E-state index >= 15 is 0 Å². The molecular formula is C19H21FN4. The number of hydrogen-bond acceptors (Lipinski definition) is 4. The van der Waals surface area contributed by atoms with Crippen LogP contribution in [0.5, 0.6) is 0 Å². The molecule has 3 aromatic rings. The molecule has 124 valence electrons. The molecule has 0 spiro atoms. The third-order valence-electron chi connectivity index (χ3n) is 3.94. The molecule has 0 unspecified atom stereocenters. The molecule has 1 heterocycles. The highest BCUT2D eigenvalue weighted by Gasteiger charge is 2.08. The van der Waals surface area contributed by atoms with E-state index in [1.54, 1.807) is 12.4 Å². The zero-order chi connectivity index (χ0) is 17.1. The smallest absolute Gasteiger partial charge is 0.137 e. The number of nitrogens with one attached hydrogen (secondary N) is 1. The van der Waals surface area contributed by atoms with Gasteiger partial charge in [-0.15, -0.1) is 0 Å². The number of aromatic nitrogens is 2. The normalized spacial score (nSPS) is 11.2. The molecule has 24 heavy (non-hydrogen) atoms. The molecule has 0 atom stereocenters. The molecule has 2 aromatic carbocycles. The van der Waals surface area contributed by atoms with Crippen LogP contribution < -0.4 is 5.32 Å². The van der Waals surface area contributed by atoms with Gasteiger partial charge in [0, 0.05) is 24.0 Å². The quantitative estimate of drug-likeness (QED) is 0.776. The van der Waals surface area contributed by atoms with Gasteiger partial charge in [0.2, 0.25) is 0 Å². The van der Waals surface area contributed by atoms with Gasteiger partial charge in [0.1, 0.15) is 18.0 Å². The predicted octanol–water partition coefficient (Wildman–Crippen LogP) is 3.75. The summed E-state index contributed by atoms with van der Waals surface area (Å²) in [4.78, 5) is 10.6. The number of benzene rings is 2. The molecule has 0 saturated heterocycles. The fraction of sp³-hybridized carbons (Fsp3) is 0.263. The van der Waals surface area contributed by atoms with Crippen LogP contribution in [0.25, 0.3) is 10.9 Å². The first-order valence-corrected chi connectivity index (χ1v) is 7.91. The van der Waals surface area contributed by atoms with Crippen molar-refractivity contribution in [3.05, 3.63) is 65.2 Å². The lowest BCUT2D eigenvalue weighted by Gasteiger charge is -2.13. The summed E-state index contributed by atoms with van der Waals surface area (Å²) in [5, 5.41) is 4.31. The second-order valence-corrected chi connectivity index (χ2v) is 6.21. The van der Waals surface area contributed by atoms with E-state index in [4.69, 9.17) is 0 Å². The van der Waals surface area contributed by atoms with Gasteiger partial charge in [-0.3, -0.25) is 0 Å². The standard InChI is InChI=1S/C19H21FN4/c1-13-5-4-6-17-18(13)19(23-12-22-17)21-10-14-7-8-15(11-24(2)3)16(20)9-14/h4-9,12H,10-11H2,1-3H3,(H,21,22,23). The van der Waals surface area contributed by atoms with Crippen molar-refractivity contribution in [3.8, 4) is 0 Å². The van der Waals surface area contributed by atoms with Crippen LogP contribution in [0.1, 0.15) is 16.7 Å². The Morgan fingerprint density at radius 2 is 1.96 bits per heavy atom. The fourth-order valence-electron chi connectivity index (χ4n) is 2.77. The van der Waals surface area contributed by atoms with Gasteiger partial charge in [0.05, 0.1) is 5.52 Å². The van der Waals surface area contributed by atoms with E-state index in [1.807, 2.05) is 56.3 Å². The topological polar surface area (TPSA) is 41.1 Å². The molecule has 1 N–H and O–H groups in total. The van der Waals surface area contributed by atoms with Gasteiger partial charge in [-0.2, -0.15) is 0 Å². The van der Waals surface area contributed by atoms with Crippen LogP contribution in [0.4, 0.5) is 10.2 Å². The minimum absolute atomic E-state index is 0.174. The summed E-state index contributed by atoms with van der Waals surface area (Å²) in [5.74, 6) is 0.600. The molecule has 0 fully saturated rings. The van der Waals surface area contributed by atoms with E-state index in [9.17, 15) is 4.39 Å². The highest BCUT2D eigenvalue weighted by atomic mass is 19.1. The van der Waals surface area contributed by atoms with Gasteiger partial charge in [0.15, 0.2) is 0 Å². The summed E-state index contributed by atoms with van der Waals surface area (Å²) in [6.07, 6.45) is 1.55. The van der Waals surface area contributed by atoms with Gasteiger partial charge in [0.25, 0.3) is 0 Å². The Morgan fingerprint density at radius 3 is 2.71 bits per heavy atom. The Kier molecular flexibility index (Phi) is 4.71. The maximum Gasteiger partial charge on any atom is 0.137 e. The second-order valence-electron chi connectivity index (χ2n) is 6.21. The Hall–Kier alpha value is -2.53. The van der Waals surface area contributed by atoms with Crippen LogP contribution in [0.2, 0.25) is 0 Å². The van der Waals surface area contributed by atoms with Crippen molar-refractivity contribution in [1.29, 1.82) is 0 Å². The van der Waals surface area contributed by atoms with Crippen LogP contribution in [0.3, 0.4) is 0 Å². The molecule has 0 aliphatic heterocycles. The molecule has 0 aliphatic carbocycles. The van der Waals surface area contributed by atoms with Gasteiger partial charge < -0.3 is 10.2 Å². The van der Waals surface area contributed by atoms with E-state index in [0.29, 0.717) is 18.7 Å². The molecule has 0 radical (unpaired) electrons. The first-order valence-electron chi connectivity index (χ1n) is 7.91. The summed E-state index contributed by atoms with van der Waals surface area (Å²) in [6, 6.07) is 11.4. The van der Waals surface area contributed by atoms with Crippen molar-refractivity contribution in [3.63, 3.8) is 0 Å². The lowest BCUT2D eigenvalue weighted by Crippen LogP contribution is -2.12. The monoisotopic (exact) mass is 324 g/mol. The summed E-state index contributed by atoms with van der Waals surface area (Å²) in [5.41, 5.74) is 3.60. The molecule has 4 nitrogen and oxygen atoms in total. The van der Waals surface area contributed by atoms with Crippen LogP contribution in [-0.2, 0) is 13.1 Å². The number of anilines is 1. The Bertz CT molecular complexity index is 856. The van der Waals surface area contributed by atoms with Crippen LogP contribution in [-0.4, -0.2) is 29.0 Å². The van der Waals surface area contributed by atoms with Crippen LogP contribution in [0.15, 0.2) is 42.7 Å². The number of rotatable bonds is 5. The van der Waals surface area contributed by atoms with Crippen molar-refractivity contribution in [1.82, 2.24) is 14.9 Å². The lowest BCUT2D eigenvalue weighted by molar-refractivity contribution is 0.392. The first-order chi connectivity index (χ1) is 11.5. The zero-order valence-corrected chi connectivity index (χ0v) is 14.2. The van der Waals surface area contributed by atoms with E-state index < -0.39 is 0 Å². The number of halogens is 1. The molecule has 3 rings (SSSR count). The minimum Gasteiger partial charge on any atom is -0.365 e. The maximum absolute atomic E-state index is 14.2. The van der Waals surface area contributed by atoms with E-state index in [0.717, 1.165) is 27.8 Å². The minimum atomic E-state index is -0.174. The third kappa shape index (κ3) is 3.51. The fourth-order valence-corrected chi connectivity index (χ4v) is 2.77. The number of nitrogens with zero attached hydrogens (tertiary/aromatic N) is 3. The summed E-state index contributed by atoms with van der Waals surface area (Å²) >= 11 is 0. The van der Waals surface area contributed by atoms with Crippen molar-refractivity contribution < 1.29 is 4.39 Å². The van der Waals surface area contributed by atoms with Gasteiger partial charge in [-0.25, -0.2) is 14.4 Å². The Morgan fingerprint density at radius 1 is 1.12 bits per heavy atom. The van der Waals surface area contributed by atoms with Crippen LogP contribution in [0, 0.1) is 12.7 Å². The van der Waals surface area contributed by atoms with Gasteiger partial charge in [-0.05, 0) is 44.3 Å². The molecule has 0 bridgehead atoms. The number of fused-ring (bicyclic) bond motifs is 1. The van der Waals surface area contributed by atoms with Crippen molar-refractivity contribution in [2.45, 2.75) is 20.0 Å². The largest absolute Gasteiger partial charge is 0.365 e. The van der Waals surface area contributed by atoms with E-state index in [-0.39, 0.29) is 5.82 Å². The zero-order valence-electron chi connectivity index (χ0n) is 14.2. The lowest BCUT2D eigenvalue weighted by atomic mass is 10.1. The molecule has 0 saturated carbocycles. The molecule has 0 aliphatic rings. The third-order valence-corrected chi connectivity index (χ3v) is 3.94. The van der Waals surface area contributed by atoms with Crippen molar-refractivity contribution in [2.75, 3.05) is 19.4 Å². The van der Waals surface area contributed by atoms with Crippen molar-refractivity contribution >= 4 is 16.7 Å². The molecule has 1 aromatic heterocycles.